The third-order valence-electron chi connectivity index (χ3n) is 8.67. The van der Waals surface area contributed by atoms with Crippen molar-refractivity contribution in [2.75, 3.05) is 4.90 Å². The first-order chi connectivity index (χ1) is 21.4. The van der Waals surface area contributed by atoms with Crippen molar-refractivity contribution < 1.29 is 15.0 Å². The van der Waals surface area contributed by atoms with Gasteiger partial charge in [-0.05, 0) is 78.6 Å². The lowest BCUT2D eigenvalue weighted by atomic mass is 9.69. The molecule has 7 rings (SSSR count). The van der Waals surface area contributed by atoms with Crippen LogP contribution in [0.25, 0.3) is 22.3 Å². The highest BCUT2D eigenvalue weighted by atomic mass is 16.3. The van der Waals surface area contributed by atoms with E-state index in [-0.39, 0.29) is 17.4 Å². The summed E-state index contributed by atoms with van der Waals surface area (Å²) in [5.74, 6) is 0.140. The number of fused-ring (bicyclic) bond motifs is 1. The molecule has 1 aliphatic heterocycles. The van der Waals surface area contributed by atoms with Gasteiger partial charge in [0.15, 0.2) is 0 Å². The van der Waals surface area contributed by atoms with Crippen LogP contribution in [0.2, 0.25) is 0 Å². The summed E-state index contributed by atoms with van der Waals surface area (Å²) in [7, 11) is 0. The van der Waals surface area contributed by atoms with Crippen LogP contribution >= 0.6 is 0 Å². The Hall–Kier alpha value is -5.61. The molecule has 0 bridgehead atoms. The molecule has 6 aromatic rings. The second-order valence-corrected chi connectivity index (χ2v) is 11.4. The van der Waals surface area contributed by atoms with Crippen LogP contribution in [0.1, 0.15) is 27.8 Å². The van der Waals surface area contributed by atoms with Crippen LogP contribution in [0.5, 0.6) is 11.5 Å². The predicted octanol–water partition coefficient (Wildman–Crippen LogP) is 9.06. The molecule has 6 aromatic carbocycles. The fourth-order valence-electron chi connectivity index (χ4n) is 6.40. The first-order valence-corrected chi connectivity index (χ1v) is 14.7. The zero-order valence-electron chi connectivity index (χ0n) is 24.5. The molecule has 4 heteroatoms. The first kappa shape index (κ1) is 27.2. The zero-order chi connectivity index (χ0) is 30.4. The molecule has 0 aliphatic carbocycles. The Labute approximate surface area is 257 Å². The quantitative estimate of drug-likeness (QED) is 0.216. The second-order valence-electron chi connectivity index (χ2n) is 11.4. The average Bonchev–Trinajstić information content (AvgIpc) is 3.31. The number of hydrogen-bond acceptors (Lipinski definition) is 3. The topological polar surface area (TPSA) is 60.8 Å². The maximum absolute atomic E-state index is 15.2. The number of carbonyl (C=O) groups excluding carboxylic acids is 1. The fraction of sp³-hybridized carbons (Fsp3) is 0.0750. The summed E-state index contributed by atoms with van der Waals surface area (Å²) in [6, 6.07) is 44.4. The third kappa shape index (κ3) is 4.26. The molecule has 1 aliphatic rings. The number of phenols is 2. The Kier molecular flexibility index (Phi) is 6.55. The normalized spacial score (nSPS) is 13.6. The second kappa shape index (κ2) is 10.6. The standard InChI is InChI=1S/C40H31NO3/c1-26-12-16-28(17-13-26)33-24-30(20-22-37(33)42)40(31-21-23-38(43)34(25-31)29-18-14-27(2)15-19-29)35-10-6-7-11-36(35)41(39(40)44)32-8-4-3-5-9-32/h3-25,42-43H,1-2H3. The number of amides is 1. The van der Waals surface area contributed by atoms with E-state index in [0.717, 1.165) is 50.3 Å². The number of para-hydroxylation sites is 2. The Balaban J connectivity index is 1.54. The Morgan fingerprint density at radius 3 is 1.55 bits per heavy atom. The number of anilines is 2. The minimum atomic E-state index is -1.27. The molecule has 0 saturated heterocycles. The minimum Gasteiger partial charge on any atom is -0.507 e. The largest absolute Gasteiger partial charge is 0.507 e. The molecule has 0 saturated carbocycles. The lowest BCUT2D eigenvalue weighted by molar-refractivity contribution is -0.120. The number of aryl methyl sites for hydroxylation is 2. The van der Waals surface area contributed by atoms with E-state index in [1.165, 1.54) is 0 Å². The van der Waals surface area contributed by atoms with E-state index in [9.17, 15) is 10.2 Å². The van der Waals surface area contributed by atoms with Crippen molar-refractivity contribution in [1.29, 1.82) is 0 Å². The van der Waals surface area contributed by atoms with Gasteiger partial charge in [-0.3, -0.25) is 9.69 Å². The average molecular weight is 574 g/mol. The van der Waals surface area contributed by atoms with Gasteiger partial charge in [0.2, 0.25) is 0 Å². The van der Waals surface area contributed by atoms with Crippen molar-refractivity contribution >= 4 is 17.3 Å². The molecule has 44 heavy (non-hydrogen) atoms. The summed E-state index contributed by atoms with van der Waals surface area (Å²) in [6.45, 7) is 4.05. The highest BCUT2D eigenvalue weighted by molar-refractivity contribution is 6.17. The Morgan fingerprint density at radius 2 is 1.02 bits per heavy atom. The van der Waals surface area contributed by atoms with Crippen LogP contribution < -0.4 is 4.90 Å². The highest BCUT2D eigenvalue weighted by Crippen LogP contribution is 2.54. The SMILES string of the molecule is Cc1ccc(-c2cc(C3(c4ccc(O)c(-c5ccc(C)cc5)c4)C(=O)N(c4ccccc4)c4ccccc43)ccc2O)cc1. The Bertz CT molecular complexity index is 1920. The van der Waals surface area contributed by atoms with Gasteiger partial charge < -0.3 is 10.2 Å². The van der Waals surface area contributed by atoms with Gasteiger partial charge in [-0.15, -0.1) is 0 Å². The molecule has 214 valence electrons. The lowest BCUT2D eigenvalue weighted by Crippen LogP contribution is -2.40. The van der Waals surface area contributed by atoms with E-state index < -0.39 is 5.41 Å². The number of aromatic hydroxyl groups is 2. The van der Waals surface area contributed by atoms with Gasteiger partial charge in [-0.2, -0.15) is 0 Å². The van der Waals surface area contributed by atoms with Crippen molar-refractivity contribution in [3.05, 3.63) is 167 Å². The summed E-state index contributed by atoms with van der Waals surface area (Å²) in [4.78, 5) is 17.0. The lowest BCUT2D eigenvalue weighted by Gasteiger charge is -2.31. The maximum Gasteiger partial charge on any atom is 0.251 e. The molecule has 0 unspecified atom stereocenters. The summed E-state index contributed by atoms with van der Waals surface area (Å²) in [5, 5.41) is 22.1. The van der Waals surface area contributed by atoms with Gasteiger partial charge in [0.25, 0.3) is 5.91 Å². The fourth-order valence-corrected chi connectivity index (χ4v) is 6.40. The van der Waals surface area contributed by atoms with Gasteiger partial charge in [0, 0.05) is 22.4 Å². The van der Waals surface area contributed by atoms with E-state index in [0.29, 0.717) is 11.1 Å². The summed E-state index contributed by atoms with van der Waals surface area (Å²) in [5.41, 5.74) is 7.79. The van der Waals surface area contributed by atoms with Gasteiger partial charge in [-0.25, -0.2) is 0 Å². The van der Waals surface area contributed by atoms with Crippen LogP contribution in [-0.2, 0) is 10.2 Å². The van der Waals surface area contributed by atoms with Crippen LogP contribution in [0.15, 0.2) is 140 Å². The molecule has 2 N–H and O–H groups in total. The van der Waals surface area contributed by atoms with Crippen LogP contribution in [0, 0.1) is 13.8 Å². The Morgan fingerprint density at radius 1 is 0.545 bits per heavy atom. The van der Waals surface area contributed by atoms with Crippen molar-refractivity contribution in [3.63, 3.8) is 0 Å². The third-order valence-corrected chi connectivity index (χ3v) is 8.67. The maximum atomic E-state index is 15.2. The van der Waals surface area contributed by atoms with E-state index >= 15 is 4.79 Å². The number of rotatable bonds is 5. The summed E-state index contributed by atoms with van der Waals surface area (Å²) < 4.78 is 0. The smallest absolute Gasteiger partial charge is 0.251 e. The van der Waals surface area contributed by atoms with Crippen LogP contribution in [0.4, 0.5) is 11.4 Å². The zero-order valence-corrected chi connectivity index (χ0v) is 24.5. The summed E-state index contributed by atoms with van der Waals surface area (Å²) >= 11 is 0. The van der Waals surface area contributed by atoms with Crippen molar-refractivity contribution in [1.82, 2.24) is 0 Å². The molecule has 0 atom stereocenters. The number of nitrogens with zero attached hydrogens (tertiary/aromatic N) is 1. The van der Waals surface area contributed by atoms with Gasteiger partial charge in [0.1, 0.15) is 16.9 Å². The molecule has 0 fully saturated rings. The van der Waals surface area contributed by atoms with E-state index in [1.807, 2.05) is 141 Å². The molecule has 0 aromatic heterocycles. The summed E-state index contributed by atoms with van der Waals surface area (Å²) in [6.07, 6.45) is 0. The number of phenolic OH excluding ortho intramolecular Hbond substituents is 2. The van der Waals surface area contributed by atoms with Crippen molar-refractivity contribution in [3.8, 4) is 33.8 Å². The number of benzene rings is 6. The van der Waals surface area contributed by atoms with Crippen molar-refractivity contribution in [2.45, 2.75) is 19.3 Å². The molecular formula is C40H31NO3. The monoisotopic (exact) mass is 573 g/mol. The highest BCUT2D eigenvalue weighted by Gasteiger charge is 2.54. The molecule has 0 radical (unpaired) electrons. The number of hydrogen-bond donors (Lipinski definition) is 2. The first-order valence-electron chi connectivity index (χ1n) is 14.7. The van der Waals surface area contributed by atoms with E-state index in [1.54, 1.807) is 17.0 Å². The molecule has 0 spiro atoms. The van der Waals surface area contributed by atoms with Gasteiger partial charge >= 0.3 is 0 Å². The molecule has 1 heterocycles. The molecule has 4 nitrogen and oxygen atoms in total. The molecule has 1 amide bonds. The van der Waals surface area contributed by atoms with Crippen molar-refractivity contribution in [2.24, 2.45) is 0 Å². The number of carbonyl (C=O) groups is 1. The van der Waals surface area contributed by atoms with E-state index in [2.05, 4.69) is 0 Å². The van der Waals surface area contributed by atoms with E-state index in [4.69, 9.17) is 0 Å². The van der Waals surface area contributed by atoms with Gasteiger partial charge in [0.05, 0.1) is 5.69 Å². The van der Waals surface area contributed by atoms with Gasteiger partial charge in [-0.1, -0.05) is 108 Å². The minimum absolute atomic E-state index is 0.133. The molecular weight excluding hydrogens is 542 g/mol. The van der Waals surface area contributed by atoms with Crippen LogP contribution in [0.3, 0.4) is 0 Å². The van der Waals surface area contributed by atoms with Crippen LogP contribution in [-0.4, -0.2) is 16.1 Å². The predicted molar refractivity (Wildman–Crippen MR) is 176 cm³/mol.